The summed E-state index contributed by atoms with van der Waals surface area (Å²) in [6, 6.07) is 7.35. The summed E-state index contributed by atoms with van der Waals surface area (Å²) in [6.45, 7) is 4.32. The van der Waals surface area contributed by atoms with Gasteiger partial charge in [-0.25, -0.2) is 13.1 Å². The lowest BCUT2D eigenvalue weighted by Gasteiger charge is -2.25. The molecular weight excluding hydrogens is 418 g/mol. The fourth-order valence-electron chi connectivity index (χ4n) is 5.23. The molecule has 3 heterocycles. The Labute approximate surface area is 180 Å². The first-order valence-corrected chi connectivity index (χ1v) is 12.1. The number of H-pyrrole nitrogens is 1. The number of aromatic amines is 1. The average Bonchev–Trinajstić information content (AvgIpc) is 3.49. The van der Waals surface area contributed by atoms with Crippen molar-refractivity contribution in [2.75, 3.05) is 18.8 Å². The van der Waals surface area contributed by atoms with E-state index in [0.717, 1.165) is 10.9 Å². The number of aryl methyl sites for hydroxylation is 1. The van der Waals surface area contributed by atoms with Crippen molar-refractivity contribution in [3.8, 4) is 0 Å². The number of likely N-dealkylation sites (tertiary alicyclic amines) is 1. The number of hydrogen-bond donors (Lipinski definition) is 2. The second-order valence-corrected chi connectivity index (χ2v) is 10.6. The Morgan fingerprint density at radius 3 is 2.97 bits per heavy atom. The third kappa shape index (κ3) is 3.34. The predicted octanol–water partition coefficient (Wildman–Crippen LogP) is 1.97. The van der Waals surface area contributed by atoms with Gasteiger partial charge in [-0.15, -0.1) is 0 Å². The van der Waals surface area contributed by atoms with Crippen molar-refractivity contribution in [2.24, 2.45) is 5.92 Å². The van der Waals surface area contributed by atoms with Gasteiger partial charge >= 0.3 is 0 Å². The molecule has 2 fully saturated rings. The van der Waals surface area contributed by atoms with E-state index in [1.54, 1.807) is 13.8 Å². The molecule has 1 saturated heterocycles. The van der Waals surface area contributed by atoms with Crippen molar-refractivity contribution in [3.63, 3.8) is 0 Å². The lowest BCUT2D eigenvalue weighted by atomic mass is 9.80. The van der Waals surface area contributed by atoms with Gasteiger partial charge < -0.3 is 14.4 Å². The standard InChI is InChI=1S/C21H25N5O4S/c1-3-31(28,29)25-15-9-14-11-26(12-21(14,10-15)20-23-13(2)24-30-20)19(27)17-5-4-6-18-16(17)7-8-22-18/h4-8,14-15,22,25H,3,9-12H2,1-2H3/t14-,15+,21-/m0/s1. The second kappa shape index (κ2) is 7.16. The summed E-state index contributed by atoms with van der Waals surface area (Å²) in [5.41, 5.74) is 1.02. The second-order valence-electron chi connectivity index (χ2n) is 8.59. The van der Waals surface area contributed by atoms with Crippen LogP contribution in [0.5, 0.6) is 0 Å². The summed E-state index contributed by atoms with van der Waals surface area (Å²) in [6.07, 6.45) is 2.97. The van der Waals surface area contributed by atoms with Crippen molar-refractivity contribution >= 4 is 26.8 Å². The lowest BCUT2D eigenvalue weighted by molar-refractivity contribution is 0.0775. The van der Waals surface area contributed by atoms with E-state index in [-0.39, 0.29) is 23.6 Å². The molecule has 0 bridgehead atoms. The molecule has 2 aromatic heterocycles. The molecule has 0 radical (unpaired) electrons. The highest BCUT2D eigenvalue weighted by Crippen LogP contribution is 2.50. The zero-order valence-electron chi connectivity index (χ0n) is 17.5. The largest absolute Gasteiger partial charge is 0.361 e. The molecule has 1 aliphatic carbocycles. The van der Waals surface area contributed by atoms with Crippen molar-refractivity contribution in [1.82, 2.24) is 24.7 Å². The Hall–Kier alpha value is -2.72. The van der Waals surface area contributed by atoms with Crippen LogP contribution >= 0.6 is 0 Å². The van der Waals surface area contributed by atoms with Gasteiger partial charge in [-0.1, -0.05) is 11.2 Å². The summed E-state index contributed by atoms with van der Waals surface area (Å²) in [7, 11) is -3.33. The van der Waals surface area contributed by atoms with Crippen LogP contribution in [0.4, 0.5) is 0 Å². The molecule has 0 unspecified atom stereocenters. The third-order valence-corrected chi connectivity index (χ3v) is 8.12. The molecular formula is C21H25N5O4S. The van der Waals surface area contributed by atoms with Crippen LogP contribution in [-0.4, -0.2) is 59.2 Å². The van der Waals surface area contributed by atoms with Crippen LogP contribution < -0.4 is 4.72 Å². The predicted molar refractivity (Wildman–Crippen MR) is 114 cm³/mol. The number of carbonyl (C=O) groups excluding carboxylic acids is 1. The first-order valence-electron chi connectivity index (χ1n) is 10.5. The van der Waals surface area contributed by atoms with Crippen molar-refractivity contribution in [2.45, 2.75) is 38.1 Å². The maximum absolute atomic E-state index is 13.5. The highest BCUT2D eigenvalue weighted by atomic mass is 32.2. The SMILES string of the molecule is CCS(=O)(=O)N[C@@H]1C[C@H]2CN(C(=O)c3cccc4[nH]ccc34)C[C@@]2(c2nc(C)no2)C1. The Morgan fingerprint density at radius 2 is 2.23 bits per heavy atom. The van der Waals surface area contributed by atoms with Crippen LogP contribution in [0.25, 0.3) is 10.9 Å². The minimum absolute atomic E-state index is 0.0336. The van der Waals surface area contributed by atoms with Crippen LogP contribution in [0.2, 0.25) is 0 Å². The highest BCUT2D eigenvalue weighted by Gasteiger charge is 2.58. The van der Waals surface area contributed by atoms with Crippen LogP contribution in [0.15, 0.2) is 35.0 Å². The Kier molecular flexibility index (Phi) is 4.67. The van der Waals surface area contributed by atoms with Gasteiger partial charge in [0.25, 0.3) is 5.91 Å². The Bertz CT molecular complexity index is 1250. The van der Waals surface area contributed by atoms with E-state index in [0.29, 0.717) is 43.2 Å². The molecule has 10 heteroatoms. The summed E-state index contributed by atoms with van der Waals surface area (Å²) in [5, 5.41) is 4.85. The first kappa shape index (κ1) is 20.2. The van der Waals surface area contributed by atoms with Gasteiger partial charge in [0, 0.05) is 41.8 Å². The Balaban J connectivity index is 1.46. The molecule has 1 saturated carbocycles. The minimum Gasteiger partial charge on any atom is -0.361 e. The number of fused-ring (bicyclic) bond motifs is 2. The van der Waals surface area contributed by atoms with E-state index in [4.69, 9.17) is 4.52 Å². The summed E-state index contributed by atoms with van der Waals surface area (Å²) in [4.78, 5) is 22.9. The molecule has 164 valence electrons. The van der Waals surface area contributed by atoms with E-state index in [9.17, 15) is 13.2 Å². The van der Waals surface area contributed by atoms with Gasteiger partial charge in [0.15, 0.2) is 5.82 Å². The quantitative estimate of drug-likeness (QED) is 0.622. The molecule has 5 rings (SSSR count). The number of nitrogens with zero attached hydrogens (tertiary/aromatic N) is 3. The van der Waals surface area contributed by atoms with Crippen molar-refractivity contribution in [1.29, 1.82) is 0 Å². The zero-order chi connectivity index (χ0) is 21.8. The topological polar surface area (TPSA) is 121 Å². The number of aromatic nitrogens is 3. The first-order chi connectivity index (χ1) is 14.8. The van der Waals surface area contributed by atoms with Crippen LogP contribution in [0.3, 0.4) is 0 Å². The number of carbonyl (C=O) groups is 1. The number of rotatable bonds is 5. The summed E-state index contributed by atoms with van der Waals surface area (Å²) < 4.78 is 32.7. The minimum atomic E-state index is -3.33. The van der Waals surface area contributed by atoms with Crippen LogP contribution in [0.1, 0.15) is 41.8 Å². The number of sulfonamides is 1. The molecule has 2 aliphatic rings. The van der Waals surface area contributed by atoms with E-state index >= 15 is 0 Å². The van der Waals surface area contributed by atoms with E-state index < -0.39 is 15.4 Å². The molecule has 3 atom stereocenters. The van der Waals surface area contributed by atoms with E-state index in [1.165, 1.54) is 0 Å². The third-order valence-electron chi connectivity index (χ3n) is 6.67. The molecule has 9 nitrogen and oxygen atoms in total. The number of amides is 1. The molecule has 2 N–H and O–H groups in total. The fourth-order valence-corrected chi connectivity index (χ4v) is 6.08. The zero-order valence-corrected chi connectivity index (χ0v) is 18.3. The molecule has 1 amide bonds. The van der Waals surface area contributed by atoms with Crippen LogP contribution in [-0.2, 0) is 15.4 Å². The van der Waals surface area contributed by atoms with Gasteiger partial charge in [0.2, 0.25) is 15.9 Å². The van der Waals surface area contributed by atoms with Gasteiger partial charge in [-0.3, -0.25) is 4.79 Å². The fraction of sp³-hybridized carbons (Fsp3) is 0.476. The molecule has 0 spiro atoms. The summed E-state index contributed by atoms with van der Waals surface area (Å²) in [5.74, 6) is 1.05. The maximum Gasteiger partial charge on any atom is 0.254 e. The summed E-state index contributed by atoms with van der Waals surface area (Å²) >= 11 is 0. The monoisotopic (exact) mass is 443 g/mol. The average molecular weight is 444 g/mol. The molecule has 1 aliphatic heterocycles. The van der Waals surface area contributed by atoms with Gasteiger partial charge in [0.05, 0.1) is 11.2 Å². The molecule has 31 heavy (non-hydrogen) atoms. The van der Waals surface area contributed by atoms with E-state index in [1.807, 2.05) is 35.4 Å². The molecule has 1 aromatic carbocycles. The normalized spacial score (nSPS) is 25.9. The number of hydrogen-bond acceptors (Lipinski definition) is 6. The number of nitrogens with one attached hydrogen (secondary N) is 2. The smallest absolute Gasteiger partial charge is 0.254 e. The van der Waals surface area contributed by atoms with Crippen LogP contribution in [0, 0.1) is 12.8 Å². The van der Waals surface area contributed by atoms with E-state index in [2.05, 4.69) is 19.8 Å². The lowest BCUT2D eigenvalue weighted by Crippen LogP contribution is -2.40. The van der Waals surface area contributed by atoms with Gasteiger partial charge in [-0.05, 0) is 50.8 Å². The van der Waals surface area contributed by atoms with Crippen molar-refractivity contribution in [3.05, 3.63) is 47.7 Å². The maximum atomic E-state index is 13.5. The van der Waals surface area contributed by atoms with Crippen molar-refractivity contribution < 1.29 is 17.7 Å². The number of benzene rings is 1. The Morgan fingerprint density at radius 1 is 1.39 bits per heavy atom. The van der Waals surface area contributed by atoms with Gasteiger partial charge in [-0.2, -0.15) is 4.98 Å². The molecule has 3 aromatic rings. The highest BCUT2D eigenvalue weighted by molar-refractivity contribution is 7.89. The van der Waals surface area contributed by atoms with Gasteiger partial charge in [0.1, 0.15) is 0 Å².